The van der Waals surface area contributed by atoms with Crippen molar-refractivity contribution in [3.63, 3.8) is 0 Å². The number of benzene rings is 1. The Labute approximate surface area is 133 Å². The van der Waals surface area contributed by atoms with Crippen LogP contribution in [0.3, 0.4) is 0 Å². The van der Waals surface area contributed by atoms with Crippen molar-refractivity contribution in [2.75, 3.05) is 26.3 Å². The van der Waals surface area contributed by atoms with Crippen molar-refractivity contribution in [2.45, 2.75) is 52.4 Å². The number of hydrogen-bond acceptors (Lipinski definition) is 4. The first-order valence-corrected chi connectivity index (χ1v) is 8.28. The molecule has 1 atom stereocenters. The summed E-state index contributed by atoms with van der Waals surface area (Å²) in [4.78, 5) is 2.44. The first-order valence-electron chi connectivity index (χ1n) is 8.28. The summed E-state index contributed by atoms with van der Waals surface area (Å²) in [5.41, 5.74) is 2.40. The van der Waals surface area contributed by atoms with Gasteiger partial charge in [0.15, 0.2) is 0 Å². The zero-order chi connectivity index (χ0) is 15.7. The average Bonchev–Trinajstić information content (AvgIpc) is 2.77. The summed E-state index contributed by atoms with van der Waals surface area (Å²) >= 11 is 0. The summed E-state index contributed by atoms with van der Waals surface area (Å²) in [5, 5.41) is 0. The lowest BCUT2D eigenvalue weighted by atomic mass is 10.0. The van der Waals surface area contributed by atoms with Crippen LogP contribution in [0.1, 0.15) is 38.8 Å². The number of fused-ring (bicyclic) bond motifs is 1. The fraction of sp³-hybridized carbons (Fsp3) is 0.667. The van der Waals surface area contributed by atoms with Gasteiger partial charge in [-0.2, -0.15) is 0 Å². The van der Waals surface area contributed by atoms with Crippen molar-refractivity contribution in [1.29, 1.82) is 0 Å². The molecule has 0 amide bonds. The number of nitrogens with zero attached hydrogens (tertiary/aromatic N) is 1. The molecule has 4 nitrogen and oxygen atoms in total. The SMILES string of the molecule is CCOc1cc2c(cc1CN1CCOC(C)(C)C1)OC(C)C2. The average molecular weight is 305 g/mol. The fourth-order valence-electron chi connectivity index (χ4n) is 3.39. The van der Waals surface area contributed by atoms with E-state index in [1.54, 1.807) is 0 Å². The smallest absolute Gasteiger partial charge is 0.124 e. The maximum Gasteiger partial charge on any atom is 0.124 e. The highest BCUT2D eigenvalue weighted by Crippen LogP contribution is 2.36. The second kappa shape index (κ2) is 6.09. The second-order valence-electron chi connectivity index (χ2n) is 6.95. The zero-order valence-corrected chi connectivity index (χ0v) is 14.1. The maximum absolute atomic E-state index is 5.91. The molecule has 2 heterocycles. The molecule has 0 saturated carbocycles. The van der Waals surface area contributed by atoms with E-state index < -0.39 is 0 Å². The van der Waals surface area contributed by atoms with E-state index in [-0.39, 0.29) is 11.7 Å². The van der Waals surface area contributed by atoms with Crippen LogP contribution in [0.4, 0.5) is 0 Å². The summed E-state index contributed by atoms with van der Waals surface area (Å²) < 4.78 is 17.6. The zero-order valence-electron chi connectivity index (χ0n) is 14.1. The minimum atomic E-state index is -0.0776. The Morgan fingerprint density at radius 3 is 2.91 bits per heavy atom. The van der Waals surface area contributed by atoms with Gasteiger partial charge in [-0.3, -0.25) is 4.90 Å². The van der Waals surface area contributed by atoms with Crippen molar-refractivity contribution in [3.05, 3.63) is 23.3 Å². The summed E-state index contributed by atoms with van der Waals surface area (Å²) in [6.07, 6.45) is 1.24. The molecule has 0 radical (unpaired) electrons. The number of ether oxygens (including phenoxy) is 3. The van der Waals surface area contributed by atoms with Gasteiger partial charge in [0, 0.05) is 37.2 Å². The summed E-state index contributed by atoms with van der Waals surface area (Å²) in [6.45, 7) is 12.7. The molecule has 1 fully saturated rings. The van der Waals surface area contributed by atoms with E-state index in [4.69, 9.17) is 14.2 Å². The van der Waals surface area contributed by atoms with E-state index in [9.17, 15) is 0 Å². The van der Waals surface area contributed by atoms with Crippen LogP contribution >= 0.6 is 0 Å². The molecular weight excluding hydrogens is 278 g/mol. The topological polar surface area (TPSA) is 30.9 Å². The molecule has 0 aromatic heterocycles. The highest BCUT2D eigenvalue weighted by atomic mass is 16.5. The molecule has 22 heavy (non-hydrogen) atoms. The molecule has 2 aliphatic heterocycles. The van der Waals surface area contributed by atoms with Crippen LogP contribution in [0.5, 0.6) is 11.5 Å². The minimum absolute atomic E-state index is 0.0776. The number of morpholine rings is 1. The quantitative estimate of drug-likeness (QED) is 0.855. The molecule has 1 unspecified atom stereocenters. The van der Waals surface area contributed by atoms with Gasteiger partial charge in [0.05, 0.1) is 18.8 Å². The van der Waals surface area contributed by atoms with E-state index in [2.05, 4.69) is 37.8 Å². The lowest BCUT2D eigenvalue weighted by molar-refractivity contribution is -0.0884. The van der Waals surface area contributed by atoms with Gasteiger partial charge in [-0.15, -0.1) is 0 Å². The molecular formula is C18H27NO3. The van der Waals surface area contributed by atoms with Gasteiger partial charge in [0.25, 0.3) is 0 Å². The standard InChI is InChI=1S/C18H27NO3/c1-5-20-16-9-14-8-13(2)22-17(14)10-15(16)11-19-6-7-21-18(3,4)12-19/h9-10,13H,5-8,11-12H2,1-4H3. The van der Waals surface area contributed by atoms with E-state index in [0.717, 1.165) is 44.2 Å². The van der Waals surface area contributed by atoms with Crippen molar-refractivity contribution >= 4 is 0 Å². The van der Waals surface area contributed by atoms with Gasteiger partial charge in [-0.1, -0.05) is 0 Å². The molecule has 4 heteroatoms. The summed E-state index contributed by atoms with van der Waals surface area (Å²) in [6, 6.07) is 4.34. The Bertz CT molecular complexity index is 541. The molecule has 0 spiro atoms. The van der Waals surface area contributed by atoms with Crippen LogP contribution < -0.4 is 9.47 Å². The lowest BCUT2D eigenvalue weighted by Gasteiger charge is -2.38. The molecule has 2 aliphatic rings. The van der Waals surface area contributed by atoms with Gasteiger partial charge in [0.2, 0.25) is 0 Å². The maximum atomic E-state index is 5.91. The summed E-state index contributed by atoms with van der Waals surface area (Å²) in [5.74, 6) is 2.03. The normalized spacial score (nSPS) is 23.9. The van der Waals surface area contributed by atoms with Crippen molar-refractivity contribution in [3.8, 4) is 11.5 Å². The van der Waals surface area contributed by atoms with Crippen LogP contribution in [0.15, 0.2) is 12.1 Å². The Hall–Kier alpha value is -1.26. The molecule has 1 aromatic carbocycles. The largest absolute Gasteiger partial charge is 0.494 e. The molecule has 0 N–H and O–H groups in total. The van der Waals surface area contributed by atoms with Gasteiger partial charge >= 0.3 is 0 Å². The molecule has 1 aromatic rings. The molecule has 1 saturated heterocycles. The third kappa shape index (κ3) is 3.39. The van der Waals surface area contributed by atoms with Crippen LogP contribution in [-0.2, 0) is 17.7 Å². The number of hydrogen-bond donors (Lipinski definition) is 0. The lowest BCUT2D eigenvalue weighted by Crippen LogP contribution is -2.47. The Kier molecular flexibility index (Phi) is 4.33. The van der Waals surface area contributed by atoms with E-state index in [1.807, 2.05) is 6.92 Å². The second-order valence-corrected chi connectivity index (χ2v) is 6.95. The molecule has 0 bridgehead atoms. The van der Waals surface area contributed by atoms with Crippen LogP contribution in [0, 0.1) is 0 Å². The Morgan fingerprint density at radius 1 is 1.36 bits per heavy atom. The fourth-order valence-corrected chi connectivity index (χ4v) is 3.39. The van der Waals surface area contributed by atoms with Crippen molar-refractivity contribution in [2.24, 2.45) is 0 Å². The van der Waals surface area contributed by atoms with Gasteiger partial charge in [0.1, 0.15) is 17.6 Å². The third-order valence-electron chi connectivity index (χ3n) is 4.28. The van der Waals surface area contributed by atoms with Crippen LogP contribution in [-0.4, -0.2) is 42.9 Å². The molecule has 0 aliphatic carbocycles. The van der Waals surface area contributed by atoms with Gasteiger partial charge < -0.3 is 14.2 Å². The Balaban J connectivity index is 1.81. The van der Waals surface area contributed by atoms with Crippen molar-refractivity contribution < 1.29 is 14.2 Å². The predicted molar refractivity (Wildman–Crippen MR) is 86.7 cm³/mol. The summed E-state index contributed by atoms with van der Waals surface area (Å²) in [7, 11) is 0. The highest BCUT2D eigenvalue weighted by Gasteiger charge is 2.28. The highest BCUT2D eigenvalue weighted by molar-refractivity contribution is 5.48. The first-order chi connectivity index (χ1) is 10.5. The minimum Gasteiger partial charge on any atom is -0.494 e. The third-order valence-corrected chi connectivity index (χ3v) is 4.28. The molecule has 3 rings (SSSR count). The molecule has 122 valence electrons. The monoisotopic (exact) mass is 305 g/mol. The van der Waals surface area contributed by atoms with Gasteiger partial charge in [-0.05, 0) is 39.8 Å². The van der Waals surface area contributed by atoms with Crippen LogP contribution in [0.25, 0.3) is 0 Å². The first kappa shape index (κ1) is 15.6. The van der Waals surface area contributed by atoms with Crippen LogP contribution in [0.2, 0.25) is 0 Å². The van der Waals surface area contributed by atoms with E-state index in [0.29, 0.717) is 6.61 Å². The van der Waals surface area contributed by atoms with Crippen molar-refractivity contribution in [1.82, 2.24) is 4.90 Å². The Morgan fingerprint density at radius 2 is 2.18 bits per heavy atom. The van der Waals surface area contributed by atoms with E-state index in [1.165, 1.54) is 11.1 Å². The van der Waals surface area contributed by atoms with Gasteiger partial charge in [-0.25, -0.2) is 0 Å². The number of rotatable bonds is 4. The van der Waals surface area contributed by atoms with E-state index >= 15 is 0 Å². The predicted octanol–water partition coefficient (Wildman–Crippen LogP) is 3.02.